The SMILES string of the molecule is CCC[C@@H]1C=C[C@H]2[C@H](C(=O)N(CCCCO)[C@@H]2C(=O)NC(C)C)[C@@H]1C(=O)NC. The number of hydrogen-bond acceptors (Lipinski definition) is 4. The zero-order chi connectivity index (χ0) is 20.8. The number of carbonyl (C=O) groups is 3. The van der Waals surface area contributed by atoms with Gasteiger partial charge in [-0.2, -0.15) is 0 Å². The van der Waals surface area contributed by atoms with Gasteiger partial charge in [-0.1, -0.05) is 25.5 Å². The molecule has 7 nitrogen and oxygen atoms in total. The van der Waals surface area contributed by atoms with Crippen LogP contribution in [0, 0.1) is 23.7 Å². The molecule has 0 saturated carbocycles. The largest absolute Gasteiger partial charge is 0.396 e. The molecule has 1 heterocycles. The summed E-state index contributed by atoms with van der Waals surface area (Å²) in [5.41, 5.74) is 0. The number of aliphatic hydroxyl groups excluding tert-OH is 1. The summed E-state index contributed by atoms with van der Waals surface area (Å²) in [5.74, 6) is -1.70. The molecule has 28 heavy (non-hydrogen) atoms. The first-order chi connectivity index (χ1) is 13.4. The molecule has 2 rings (SSSR count). The first-order valence-electron chi connectivity index (χ1n) is 10.5. The first kappa shape index (κ1) is 22.4. The van der Waals surface area contributed by atoms with Gasteiger partial charge in [-0.3, -0.25) is 14.4 Å². The third kappa shape index (κ3) is 4.57. The van der Waals surface area contributed by atoms with Crippen LogP contribution in [-0.2, 0) is 14.4 Å². The standard InChI is InChI=1S/C21H35N3O4/c1-5-8-14-9-10-15-17(16(14)19(26)22-4)21(28)24(11-6-7-12-25)18(15)20(27)23-13(2)3/h9-10,13-18,25H,5-8,11-12H2,1-4H3,(H,22,26)(H,23,27)/t14-,15+,16-,17+,18+/m1/s1. The van der Waals surface area contributed by atoms with Crippen molar-refractivity contribution in [3.8, 4) is 0 Å². The predicted molar refractivity (Wildman–Crippen MR) is 107 cm³/mol. The van der Waals surface area contributed by atoms with Crippen LogP contribution in [0.2, 0.25) is 0 Å². The van der Waals surface area contributed by atoms with Crippen LogP contribution < -0.4 is 10.6 Å². The smallest absolute Gasteiger partial charge is 0.243 e. The van der Waals surface area contributed by atoms with Crippen LogP contribution in [0.15, 0.2) is 12.2 Å². The molecule has 0 spiro atoms. The summed E-state index contributed by atoms with van der Waals surface area (Å²) in [6.45, 7) is 6.32. The molecule has 7 heteroatoms. The second-order valence-electron chi connectivity index (χ2n) is 8.15. The fraction of sp³-hybridized carbons (Fsp3) is 0.762. The van der Waals surface area contributed by atoms with Gasteiger partial charge in [0.15, 0.2) is 0 Å². The number of carbonyl (C=O) groups excluding carboxylic acids is 3. The molecular formula is C21H35N3O4. The summed E-state index contributed by atoms with van der Waals surface area (Å²) in [7, 11) is 1.60. The maximum absolute atomic E-state index is 13.4. The molecule has 1 saturated heterocycles. The summed E-state index contributed by atoms with van der Waals surface area (Å²) in [6.07, 6.45) is 6.97. The number of allylic oxidation sites excluding steroid dienone is 1. The molecule has 0 unspecified atom stereocenters. The van der Waals surface area contributed by atoms with E-state index >= 15 is 0 Å². The molecule has 0 aromatic carbocycles. The highest BCUT2D eigenvalue weighted by molar-refractivity contribution is 5.96. The van der Waals surface area contributed by atoms with Crippen LogP contribution in [0.5, 0.6) is 0 Å². The van der Waals surface area contributed by atoms with Crippen LogP contribution in [0.3, 0.4) is 0 Å². The molecular weight excluding hydrogens is 358 g/mol. The van der Waals surface area contributed by atoms with E-state index in [1.54, 1.807) is 11.9 Å². The van der Waals surface area contributed by atoms with Gasteiger partial charge in [0, 0.05) is 32.2 Å². The molecule has 3 N–H and O–H groups in total. The predicted octanol–water partition coefficient (Wildman–Crippen LogP) is 1.08. The fourth-order valence-electron chi connectivity index (χ4n) is 4.64. The second-order valence-corrected chi connectivity index (χ2v) is 8.15. The topological polar surface area (TPSA) is 98.7 Å². The summed E-state index contributed by atoms with van der Waals surface area (Å²) in [5, 5.41) is 14.8. The molecule has 3 amide bonds. The van der Waals surface area contributed by atoms with Crippen LogP contribution >= 0.6 is 0 Å². The van der Waals surface area contributed by atoms with Gasteiger partial charge in [-0.05, 0) is 39.0 Å². The van der Waals surface area contributed by atoms with Gasteiger partial charge in [0.05, 0.1) is 11.8 Å². The lowest BCUT2D eigenvalue weighted by atomic mass is 9.68. The lowest BCUT2D eigenvalue weighted by Gasteiger charge is -2.34. The Morgan fingerprint density at radius 3 is 2.50 bits per heavy atom. The number of amides is 3. The van der Waals surface area contributed by atoms with Crippen molar-refractivity contribution in [2.24, 2.45) is 23.7 Å². The highest BCUT2D eigenvalue weighted by atomic mass is 16.3. The van der Waals surface area contributed by atoms with Crippen LogP contribution in [0.4, 0.5) is 0 Å². The summed E-state index contributed by atoms with van der Waals surface area (Å²) < 4.78 is 0. The molecule has 0 aromatic rings. The molecule has 0 bridgehead atoms. The minimum absolute atomic E-state index is 0.00125. The van der Waals surface area contributed by atoms with Crippen molar-refractivity contribution in [1.82, 2.24) is 15.5 Å². The molecule has 1 aliphatic heterocycles. The number of hydrogen-bond donors (Lipinski definition) is 3. The van der Waals surface area contributed by atoms with Gasteiger partial charge in [0.1, 0.15) is 6.04 Å². The van der Waals surface area contributed by atoms with E-state index in [0.717, 1.165) is 12.8 Å². The molecule has 0 aromatic heterocycles. The Bertz CT molecular complexity index is 604. The van der Waals surface area contributed by atoms with E-state index in [1.165, 1.54) is 0 Å². The van der Waals surface area contributed by atoms with Crippen LogP contribution in [0.1, 0.15) is 46.5 Å². The average Bonchev–Trinajstić information content (AvgIpc) is 2.93. The van der Waals surface area contributed by atoms with Crippen LogP contribution in [-0.4, -0.2) is 60.0 Å². The average molecular weight is 394 g/mol. The molecule has 1 fully saturated rings. The van der Waals surface area contributed by atoms with Gasteiger partial charge in [-0.15, -0.1) is 0 Å². The van der Waals surface area contributed by atoms with Gasteiger partial charge >= 0.3 is 0 Å². The molecule has 2 aliphatic rings. The van der Waals surface area contributed by atoms with E-state index < -0.39 is 17.9 Å². The normalized spacial score (nSPS) is 29.1. The number of nitrogens with one attached hydrogen (secondary N) is 2. The van der Waals surface area contributed by atoms with Crippen molar-refractivity contribution in [2.45, 2.75) is 58.5 Å². The molecule has 158 valence electrons. The lowest BCUT2D eigenvalue weighted by Crippen LogP contribution is -2.49. The van der Waals surface area contributed by atoms with Gasteiger partial charge in [-0.25, -0.2) is 0 Å². The monoisotopic (exact) mass is 393 g/mol. The Balaban J connectivity index is 2.40. The Morgan fingerprint density at radius 1 is 1.21 bits per heavy atom. The van der Waals surface area contributed by atoms with Crippen molar-refractivity contribution < 1.29 is 19.5 Å². The lowest BCUT2D eigenvalue weighted by molar-refractivity contribution is -0.141. The van der Waals surface area contributed by atoms with E-state index in [9.17, 15) is 14.4 Å². The number of nitrogens with zero attached hydrogens (tertiary/aromatic N) is 1. The molecule has 1 aliphatic carbocycles. The summed E-state index contributed by atoms with van der Waals surface area (Å²) in [4.78, 5) is 40.7. The van der Waals surface area contributed by atoms with Crippen molar-refractivity contribution >= 4 is 17.7 Å². The first-order valence-corrected chi connectivity index (χ1v) is 10.5. The maximum Gasteiger partial charge on any atom is 0.243 e. The number of rotatable bonds is 9. The van der Waals surface area contributed by atoms with Gasteiger partial charge in [0.25, 0.3) is 0 Å². The third-order valence-electron chi connectivity index (χ3n) is 5.79. The second kappa shape index (κ2) is 10.0. The van der Waals surface area contributed by atoms with E-state index in [0.29, 0.717) is 19.4 Å². The minimum Gasteiger partial charge on any atom is -0.396 e. The van der Waals surface area contributed by atoms with Crippen molar-refractivity contribution in [3.05, 3.63) is 12.2 Å². The van der Waals surface area contributed by atoms with E-state index in [1.807, 2.05) is 26.0 Å². The number of likely N-dealkylation sites (tertiary alicyclic amines) is 1. The maximum atomic E-state index is 13.4. The quantitative estimate of drug-likeness (QED) is 0.403. The molecule has 5 atom stereocenters. The zero-order valence-electron chi connectivity index (χ0n) is 17.5. The van der Waals surface area contributed by atoms with Crippen molar-refractivity contribution in [2.75, 3.05) is 20.2 Å². The summed E-state index contributed by atoms with van der Waals surface area (Å²) >= 11 is 0. The Hall–Kier alpha value is -1.89. The number of aliphatic hydroxyl groups is 1. The number of unbranched alkanes of at least 4 members (excludes halogenated alkanes) is 1. The third-order valence-corrected chi connectivity index (χ3v) is 5.79. The highest BCUT2D eigenvalue weighted by Crippen LogP contribution is 2.45. The van der Waals surface area contributed by atoms with Crippen LogP contribution in [0.25, 0.3) is 0 Å². The van der Waals surface area contributed by atoms with Gasteiger partial charge in [0.2, 0.25) is 17.7 Å². The van der Waals surface area contributed by atoms with Gasteiger partial charge < -0.3 is 20.6 Å². The number of fused-ring (bicyclic) bond motifs is 1. The van der Waals surface area contributed by atoms with Crippen molar-refractivity contribution in [1.29, 1.82) is 0 Å². The van der Waals surface area contributed by atoms with E-state index in [2.05, 4.69) is 17.6 Å². The summed E-state index contributed by atoms with van der Waals surface area (Å²) in [6, 6.07) is -0.638. The van der Waals surface area contributed by atoms with Crippen molar-refractivity contribution in [3.63, 3.8) is 0 Å². The molecule has 0 radical (unpaired) electrons. The minimum atomic E-state index is -0.607. The van der Waals surface area contributed by atoms with E-state index in [4.69, 9.17) is 5.11 Å². The Labute approximate surface area is 167 Å². The Kier molecular flexibility index (Phi) is 8.04. The fourth-order valence-corrected chi connectivity index (χ4v) is 4.64. The zero-order valence-corrected chi connectivity index (χ0v) is 17.5. The van der Waals surface area contributed by atoms with E-state index in [-0.39, 0.29) is 42.2 Å². The highest BCUT2D eigenvalue weighted by Gasteiger charge is 2.56. The Morgan fingerprint density at radius 2 is 1.93 bits per heavy atom.